The van der Waals surface area contributed by atoms with Crippen molar-refractivity contribution in [3.8, 4) is 0 Å². The van der Waals surface area contributed by atoms with Gasteiger partial charge in [0.15, 0.2) is 5.69 Å². The van der Waals surface area contributed by atoms with Crippen LogP contribution in [0.5, 0.6) is 0 Å². The van der Waals surface area contributed by atoms with Crippen LogP contribution in [0.1, 0.15) is 31.7 Å². The molecule has 9 nitrogen and oxygen atoms in total. The molecule has 0 spiro atoms. The highest BCUT2D eigenvalue weighted by molar-refractivity contribution is 6.00. The molecule has 160 valence electrons. The number of benzene rings is 1. The van der Waals surface area contributed by atoms with Crippen molar-refractivity contribution in [3.05, 3.63) is 56.7 Å². The Morgan fingerprint density at radius 3 is 2.60 bits per heavy atom. The summed E-state index contributed by atoms with van der Waals surface area (Å²) in [7, 11) is 1.45. The highest BCUT2D eigenvalue weighted by Gasteiger charge is 2.37. The molecule has 1 saturated heterocycles. The van der Waals surface area contributed by atoms with E-state index in [4.69, 9.17) is 5.73 Å². The molecule has 1 unspecified atom stereocenters. The van der Waals surface area contributed by atoms with Gasteiger partial charge < -0.3 is 15.5 Å². The second-order valence-electron chi connectivity index (χ2n) is 7.56. The number of nitrogens with zero attached hydrogens (tertiary/aromatic N) is 3. The lowest BCUT2D eigenvalue weighted by Crippen LogP contribution is -2.42. The highest BCUT2D eigenvalue weighted by atomic mass is 16.2. The quantitative estimate of drug-likeness (QED) is 0.699. The number of likely N-dealkylation sites (tertiary alicyclic amines) is 1. The molecular weight excluding hydrogens is 386 g/mol. The van der Waals surface area contributed by atoms with Crippen molar-refractivity contribution in [2.75, 3.05) is 24.2 Å². The Morgan fingerprint density at radius 2 is 1.93 bits per heavy atom. The molecule has 1 atom stereocenters. The Labute approximate surface area is 174 Å². The van der Waals surface area contributed by atoms with Crippen LogP contribution in [0.4, 0.5) is 11.5 Å². The summed E-state index contributed by atoms with van der Waals surface area (Å²) in [6.07, 6.45) is 1.62. The van der Waals surface area contributed by atoms with E-state index >= 15 is 0 Å². The summed E-state index contributed by atoms with van der Waals surface area (Å²) in [5.74, 6) is -1.11. The standard InChI is InChI=1S/C21H27N5O4/c1-3-4-10-26-18(22)17(19(28)23-21(26)30)24(2)20(29)15-11-16(27)25(13-15)12-14-8-6-5-7-9-14/h5-9,15H,3-4,10-13,22H2,1-2H3,(H,23,28,30). The first-order chi connectivity index (χ1) is 14.3. The topological polar surface area (TPSA) is 121 Å². The normalized spacial score (nSPS) is 16.1. The van der Waals surface area contributed by atoms with Crippen molar-refractivity contribution in [3.63, 3.8) is 0 Å². The van der Waals surface area contributed by atoms with Crippen LogP contribution in [-0.4, -0.2) is 39.9 Å². The monoisotopic (exact) mass is 413 g/mol. The van der Waals surface area contributed by atoms with E-state index < -0.39 is 17.2 Å². The molecule has 1 aromatic carbocycles. The van der Waals surface area contributed by atoms with Crippen LogP contribution in [0.15, 0.2) is 39.9 Å². The van der Waals surface area contributed by atoms with Crippen molar-refractivity contribution >= 4 is 23.3 Å². The third-order valence-corrected chi connectivity index (χ3v) is 5.40. The van der Waals surface area contributed by atoms with Gasteiger partial charge in [0, 0.05) is 33.1 Å². The van der Waals surface area contributed by atoms with Gasteiger partial charge in [-0.25, -0.2) is 4.79 Å². The van der Waals surface area contributed by atoms with Gasteiger partial charge in [-0.1, -0.05) is 43.7 Å². The van der Waals surface area contributed by atoms with Crippen LogP contribution >= 0.6 is 0 Å². The van der Waals surface area contributed by atoms with Gasteiger partial charge in [0.1, 0.15) is 5.82 Å². The zero-order valence-corrected chi connectivity index (χ0v) is 17.3. The molecule has 2 heterocycles. The number of amides is 2. The van der Waals surface area contributed by atoms with Gasteiger partial charge in [-0.05, 0) is 12.0 Å². The maximum Gasteiger partial charge on any atom is 0.330 e. The fourth-order valence-corrected chi connectivity index (χ4v) is 3.72. The molecule has 0 saturated carbocycles. The molecular formula is C21H27N5O4. The number of unbranched alkanes of at least 4 members (excludes halogenated alkanes) is 1. The Morgan fingerprint density at radius 1 is 1.23 bits per heavy atom. The van der Waals surface area contributed by atoms with Crippen LogP contribution in [0, 0.1) is 5.92 Å². The van der Waals surface area contributed by atoms with E-state index in [1.54, 1.807) is 4.90 Å². The molecule has 1 aliphatic rings. The Balaban J connectivity index is 1.80. The number of carbonyl (C=O) groups excluding carboxylic acids is 2. The van der Waals surface area contributed by atoms with Gasteiger partial charge in [-0.2, -0.15) is 0 Å². The number of H-pyrrole nitrogens is 1. The summed E-state index contributed by atoms with van der Waals surface area (Å²) in [6.45, 7) is 3.02. The average molecular weight is 413 g/mol. The molecule has 3 rings (SSSR count). The lowest BCUT2D eigenvalue weighted by atomic mass is 10.1. The first kappa shape index (κ1) is 21.4. The molecule has 0 radical (unpaired) electrons. The van der Waals surface area contributed by atoms with Crippen LogP contribution in [0.25, 0.3) is 0 Å². The highest BCUT2D eigenvalue weighted by Crippen LogP contribution is 2.25. The SMILES string of the molecule is CCCCn1c(N)c(N(C)C(=O)C2CC(=O)N(Cc3ccccc3)C2)c(=O)[nH]c1=O. The number of carbonyl (C=O) groups is 2. The van der Waals surface area contributed by atoms with Crippen LogP contribution in [0.2, 0.25) is 0 Å². The van der Waals surface area contributed by atoms with Gasteiger partial charge in [0.05, 0.1) is 5.92 Å². The zero-order chi connectivity index (χ0) is 21.8. The number of aromatic amines is 1. The zero-order valence-electron chi connectivity index (χ0n) is 17.3. The molecule has 2 aromatic rings. The Hall–Kier alpha value is -3.36. The molecule has 1 aliphatic heterocycles. The van der Waals surface area contributed by atoms with Gasteiger partial charge in [0.2, 0.25) is 11.8 Å². The predicted octanol–water partition coefficient (Wildman–Crippen LogP) is 0.930. The Kier molecular flexibility index (Phi) is 6.39. The van der Waals surface area contributed by atoms with E-state index in [2.05, 4.69) is 4.98 Å². The summed E-state index contributed by atoms with van der Waals surface area (Å²) < 4.78 is 1.27. The molecule has 3 N–H and O–H groups in total. The number of nitrogens with two attached hydrogens (primary N) is 1. The first-order valence-electron chi connectivity index (χ1n) is 10.0. The van der Waals surface area contributed by atoms with Gasteiger partial charge in [-0.15, -0.1) is 0 Å². The predicted molar refractivity (Wildman–Crippen MR) is 114 cm³/mol. The van der Waals surface area contributed by atoms with Gasteiger partial charge >= 0.3 is 5.69 Å². The lowest BCUT2D eigenvalue weighted by molar-refractivity contribution is -0.128. The minimum absolute atomic E-state index is 0.0430. The summed E-state index contributed by atoms with van der Waals surface area (Å²) in [4.78, 5) is 55.0. The minimum atomic E-state index is -0.716. The number of nitrogen functional groups attached to an aromatic ring is 1. The average Bonchev–Trinajstić information content (AvgIpc) is 3.08. The molecule has 1 aromatic heterocycles. The van der Waals surface area contributed by atoms with Gasteiger partial charge in [-0.3, -0.25) is 23.9 Å². The number of aromatic nitrogens is 2. The van der Waals surface area contributed by atoms with Crippen LogP contribution in [0.3, 0.4) is 0 Å². The fourth-order valence-electron chi connectivity index (χ4n) is 3.72. The fraction of sp³-hybridized carbons (Fsp3) is 0.429. The molecule has 1 fully saturated rings. The molecule has 9 heteroatoms. The summed E-state index contributed by atoms with van der Waals surface area (Å²) >= 11 is 0. The van der Waals surface area contributed by atoms with E-state index in [9.17, 15) is 19.2 Å². The maximum absolute atomic E-state index is 13.1. The second-order valence-corrected chi connectivity index (χ2v) is 7.56. The van der Waals surface area contributed by atoms with Crippen LogP contribution < -0.4 is 21.9 Å². The summed E-state index contributed by atoms with van der Waals surface area (Å²) in [5, 5.41) is 0. The lowest BCUT2D eigenvalue weighted by Gasteiger charge is -2.23. The molecule has 0 aliphatic carbocycles. The van der Waals surface area contributed by atoms with E-state index in [-0.39, 0.29) is 36.3 Å². The largest absolute Gasteiger partial charge is 0.383 e. The van der Waals surface area contributed by atoms with Crippen molar-refractivity contribution in [2.24, 2.45) is 5.92 Å². The number of hydrogen-bond donors (Lipinski definition) is 2. The molecule has 2 amide bonds. The van der Waals surface area contributed by atoms with E-state index in [1.165, 1.54) is 16.5 Å². The third-order valence-electron chi connectivity index (χ3n) is 5.40. The van der Waals surface area contributed by atoms with E-state index in [0.717, 1.165) is 12.0 Å². The first-order valence-corrected chi connectivity index (χ1v) is 10.0. The maximum atomic E-state index is 13.1. The third kappa shape index (κ3) is 4.29. The molecule has 30 heavy (non-hydrogen) atoms. The van der Waals surface area contributed by atoms with Crippen LogP contribution in [-0.2, 0) is 22.7 Å². The number of rotatable bonds is 7. The minimum Gasteiger partial charge on any atom is -0.383 e. The van der Waals surface area contributed by atoms with E-state index in [1.807, 2.05) is 37.3 Å². The smallest absolute Gasteiger partial charge is 0.330 e. The number of anilines is 2. The van der Waals surface area contributed by atoms with Crippen molar-refractivity contribution < 1.29 is 9.59 Å². The van der Waals surface area contributed by atoms with Crippen molar-refractivity contribution in [2.45, 2.75) is 39.3 Å². The number of hydrogen-bond acceptors (Lipinski definition) is 5. The Bertz CT molecular complexity index is 1040. The summed E-state index contributed by atoms with van der Waals surface area (Å²) in [5.41, 5.74) is 5.70. The summed E-state index contributed by atoms with van der Waals surface area (Å²) in [6, 6.07) is 9.55. The molecule has 0 bridgehead atoms. The second kappa shape index (κ2) is 8.98. The van der Waals surface area contributed by atoms with Crippen molar-refractivity contribution in [1.29, 1.82) is 0 Å². The van der Waals surface area contributed by atoms with E-state index in [0.29, 0.717) is 19.5 Å². The van der Waals surface area contributed by atoms with Gasteiger partial charge in [0.25, 0.3) is 5.56 Å². The van der Waals surface area contributed by atoms with Crippen molar-refractivity contribution in [1.82, 2.24) is 14.5 Å². The number of nitrogens with one attached hydrogen (secondary N) is 1.